The number of nitrogens with one attached hydrogen (secondary N) is 1. The summed E-state index contributed by atoms with van der Waals surface area (Å²) >= 11 is 0. The first-order chi connectivity index (χ1) is 40.7. The van der Waals surface area contributed by atoms with Gasteiger partial charge in [0, 0.05) is 20.8 Å². The molecule has 6 rings (SSSR count). The van der Waals surface area contributed by atoms with Crippen molar-refractivity contribution in [2.45, 2.75) is 99.5 Å². The summed E-state index contributed by atoms with van der Waals surface area (Å²) in [4.78, 5) is 93.5. The lowest BCUT2D eigenvalue weighted by molar-refractivity contribution is -0.156. The minimum atomic E-state index is -4.64. The number of azide groups is 2. The first kappa shape index (κ1) is 82.7. The predicted octanol–water partition coefficient (Wildman–Crippen LogP) is 12.4. The van der Waals surface area contributed by atoms with E-state index in [9.17, 15) is 51.3 Å². The third-order valence-corrected chi connectivity index (χ3v) is 9.77. The van der Waals surface area contributed by atoms with E-state index in [1.165, 1.54) is 65.6 Å². The molecule has 4 heterocycles. The Kier molecular flexibility index (Phi) is 39.4. The van der Waals surface area contributed by atoms with Crippen molar-refractivity contribution in [3.63, 3.8) is 0 Å². The van der Waals surface area contributed by atoms with Crippen molar-refractivity contribution in [1.82, 2.24) is 0 Å². The van der Waals surface area contributed by atoms with Gasteiger partial charge < -0.3 is 66.3 Å². The highest BCUT2D eigenvalue weighted by Gasteiger charge is 2.27. The molecule has 4 aromatic heterocycles. The number of methoxy groups -OCH3 is 4. The molecule has 2 aromatic carbocycles. The number of benzene rings is 2. The predicted molar refractivity (Wildman–Crippen MR) is 311 cm³/mol. The number of para-hydroxylation sites is 2. The number of furan rings is 4. The van der Waals surface area contributed by atoms with Gasteiger partial charge in [-0.1, -0.05) is 51.3 Å². The standard InChI is InChI=1S/C12H10N3O3P.C12H17NO5.C8H7N3O4.C8H8O5.C7H9NO3.C4H10O.C2HF3O.2CH4/c13-14-15-19(16,17-11-7-3-1-4-8-11)18-12-9-5-2-6-10-12;1-12(2,3)18-11(15)13-8-5-6-17-9(8)7-10(14)16-4;1-14-7(12)4-6-5(2-3-15-6)8(13)10-11-9;1-12-7(9)4-6-5(8(10)11)2-3-13-6;1-10-7(9)4-6-5(8)2-3-11-6;1-4(2,3)5;3-2(4,5)1-6;;/h1-10H;5-6H,7H2,1-4H3,(H,13,15);2-3H,4H2,1H3;2-3H,4H2,1H3,(H,10,11);2-3H,4,8H2,1H3;5H,1-3H3;1H;2*1H4. The number of aldehydes is 1. The number of nitrogens with two attached hydrogens (primary N) is 1. The van der Waals surface area contributed by atoms with E-state index in [-0.39, 0.29) is 69.2 Å². The SMILES string of the molecule is C.C.CC(C)(C)O.COC(=O)Cc1occc1C(=O)N=[N+]=[N-].COC(=O)Cc1occc1C(=O)O.COC(=O)Cc1occc1N.COC(=O)Cc1occc1NC(=O)OC(C)(C)C.O=CC(F)(F)F.[N-]=[N+]=NP(=O)(Oc1ccccc1)Oc1ccccc1. The van der Waals surface area contributed by atoms with Crippen LogP contribution in [0, 0.1) is 0 Å². The van der Waals surface area contributed by atoms with Gasteiger partial charge in [-0.25, -0.2) is 14.2 Å². The molecule has 2 amide bonds. The molecule has 89 heavy (non-hydrogen) atoms. The molecule has 0 saturated carbocycles. The summed E-state index contributed by atoms with van der Waals surface area (Å²) in [5.41, 5.74) is 21.8. The maximum atomic E-state index is 12.3. The van der Waals surface area contributed by atoms with Gasteiger partial charge in [0.05, 0.1) is 76.0 Å². The minimum absolute atomic E-state index is 0. The van der Waals surface area contributed by atoms with Gasteiger partial charge in [-0.15, -0.1) is 0 Å². The van der Waals surface area contributed by atoms with Gasteiger partial charge in [-0.05, 0) is 100 Å². The largest absolute Gasteiger partial charge is 0.525 e. The fourth-order valence-corrected chi connectivity index (χ4v) is 6.06. The summed E-state index contributed by atoms with van der Waals surface area (Å²) in [6, 6.07) is 22.5. The van der Waals surface area contributed by atoms with Crippen molar-refractivity contribution in [3.8, 4) is 11.5 Å². The van der Waals surface area contributed by atoms with E-state index < -0.39 is 67.3 Å². The second-order valence-corrected chi connectivity index (χ2v) is 19.3. The number of carboxylic acids is 1. The number of rotatable bonds is 16. The van der Waals surface area contributed by atoms with Crippen molar-refractivity contribution >= 4 is 67.3 Å². The van der Waals surface area contributed by atoms with Gasteiger partial charge in [0.25, 0.3) is 5.91 Å². The maximum Gasteiger partial charge on any atom is 0.525 e. The van der Waals surface area contributed by atoms with Gasteiger partial charge in [-0.3, -0.25) is 34.1 Å². The molecule has 488 valence electrons. The van der Waals surface area contributed by atoms with E-state index in [2.05, 4.69) is 44.1 Å². The quantitative estimate of drug-likeness (QED) is 0.0133. The van der Waals surface area contributed by atoms with Gasteiger partial charge in [0.2, 0.25) is 6.29 Å². The number of aromatic carboxylic acids is 1. The Hall–Kier alpha value is -10.5. The summed E-state index contributed by atoms with van der Waals surface area (Å²) in [5.74, 6) is -2.16. The number of hydrogen-bond acceptors (Lipinski definition) is 22. The minimum Gasteiger partial charge on any atom is -0.478 e. The fourth-order valence-electron chi connectivity index (χ4n) is 5.07. The number of anilines is 2. The summed E-state index contributed by atoms with van der Waals surface area (Å²) in [6.45, 7) is 10.5. The molecule has 0 aliphatic rings. The molecule has 0 saturated heterocycles. The van der Waals surface area contributed by atoms with Crippen LogP contribution in [0.15, 0.2) is 138 Å². The smallest absolute Gasteiger partial charge is 0.478 e. The molecular weight excluding hydrogens is 1210 g/mol. The van der Waals surface area contributed by atoms with Crippen molar-refractivity contribution in [2.24, 2.45) is 10.00 Å². The summed E-state index contributed by atoms with van der Waals surface area (Å²) in [5, 5.41) is 22.6. The van der Waals surface area contributed by atoms with Gasteiger partial charge in [0.15, 0.2) is 0 Å². The second-order valence-electron chi connectivity index (χ2n) is 17.8. The number of esters is 4. The molecule has 6 aromatic rings. The second kappa shape index (κ2) is 42.4. The number of halogens is 3. The number of aliphatic hydroxyl groups is 1. The van der Waals surface area contributed by atoms with Crippen molar-refractivity contribution < 1.29 is 117 Å². The van der Waals surface area contributed by atoms with E-state index in [0.29, 0.717) is 34.4 Å². The van der Waals surface area contributed by atoms with Crippen LogP contribution in [0.5, 0.6) is 11.5 Å². The molecular formula is C55H70F3N8O22P. The summed E-state index contributed by atoms with van der Waals surface area (Å²) < 4.78 is 96.4. The zero-order valence-electron chi connectivity index (χ0n) is 48.2. The molecule has 30 nitrogen and oxygen atoms in total. The highest BCUT2D eigenvalue weighted by Crippen LogP contribution is 2.50. The van der Waals surface area contributed by atoms with Crippen LogP contribution in [0.1, 0.15) is 100 Å². The number of hydrogen-bond donors (Lipinski definition) is 4. The Bertz CT molecular complexity index is 3210. The van der Waals surface area contributed by atoms with Crippen LogP contribution in [-0.4, -0.2) is 104 Å². The third-order valence-electron chi connectivity index (χ3n) is 8.59. The molecule has 34 heteroatoms. The number of ether oxygens (including phenoxy) is 5. The number of carbonyl (C=O) groups excluding carboxylic acids is 7. The first-order valence-electron chi connectivity index (χ1n) is 24.2. The molecule has 0 aliphatic carbocycles. The number of nitrogens with zero attached hydrogens (tertiary/aromatic N) is 6. The van der Waals surface area contributed by atoms with Crippen LogP contribution in [0.3, 0.4) is 0 Å². The van der Waals surface area contributed by atoms with Crippen LogP contribution < -0.4 is 20.1 Å². The molecule has 0 radical (unpaired) electrons. The van der Waals surface area contributed by atoms with Crippen LogP contribution in [0.4, 0.5) is 29.3 Å². The molecule has 5 N–H and O–H groups in total. The Morgan fingerprint density at radius 1 is 0.618 bits per heavy atom. The van der Waals surface area contributed by atoms with Crippen LogP contribution in [0.25, 0.3) is 20.9 Å². The molecule has 0 unspecified atom stereocenters. The van der Waals surface area contributed by atoms with Crippen LogP contribution in [-0.2, 0) is 77.9 Å². The van der Waals surface area contributed by atoms with Gasteiger partial charge in [-0.2, -0.15) is 13.2 Å². The molecule has 0 fully saturated rings. The number of amides is 2. The third kappa shape index (κ3) is 39.0. The normalized spacial score (nSPS) is 9.96. The summed E-state index contributed by atoms with van der Waals surface area (Å²) in [6.07, 6.45) is -1.32. The molecule has 0 atom stereocenters. The Morgan fingerprint density at radius 2 is 0.978 bits per heavy atom. The Balaban J connectivity index is -0.000000999. The summed E-state index contributed by atoms with van der Waals surface area (Å²) in [7, 11) is 1.10. The van der Waals surface area contributed by atoms with Crippen LogP contribution >= 0.6 is 7.75 Å². The molecule has 0 bridgehead atoms. The highest BCUT2D eigenvalue weighted by atomic mass is 31.2. The number of alkyl halides is 3. The zero-order valence-corrected chi connectivity index (χ0v) is 49.1. The van der Waals surface area contributed by atoms with Gasteiger partial charge >= 0.3 is 49.9 Å². The first-order valence-corrected chi connectivity index (χ1v) is 25.7. The monoisotopic (exact) mass is 1280 g/mol. The van der Waals surface area contributed by atoms with Gasteiger partial charge in [0.1, 0.15) is 71.4 Å². The topological polar surface area (TPSA) is 447 Å². The Morgan fingerprint density at radius 3 is 1.34 bits per heavy atom. The Labute approximate surface area is 508 Å². The maximum absolute atomic E-state index is 12.3. The molecule has 0 spiro atoms. The number of nitrogen functional groups attached to an aromatic ring is 1. The van der Waals surface area contributed by atoms with Crippen molar-refractivity contribution in [1.29, 1.82) is 0 Å². The van der Waals surface area contributed by atoms with Crippen molar-refractivity contribution in [2.75, 3.05) is 39.5 Å². The highest BCUT2D eigenvalue weighted by molar-refractivity contribution is 7.53. The van der Waals surface area contributed by atoms with Crippen molar-refractivity contribution in [3.05, 3.63) is 165 Å². The molecule has 0 aliphatic heterocycles. The van der Waals surface area contributed by atoms with E-state index in [1.54, 1.807) is 114 Å². The average molecular weight is 1280 g/mol. The van der Waals surface area contributed by atoms with E-state index >= 15 is 0 Å². The van der Waals surface area contributed by atoms with E-state index in [0.717, 1.165) is 0 Å². The fraction of sp³-hybridized carbons (Fsp3) is 0.345. The van der Waals surface area contributed by atoms with E-state index in [4.69, 9.17) is 63.3 Å². The van der Waals surface area contributed by atoms with E-state index in [1.807, 2.05) is 0 Å². The number of carbonyl (C=O) groups is 8. The zero-order chi connectivity index (χ0) is 66.4. The lowest BCUT2D eigenvalue weighted by atomic mass is 10.2. The van der Waals surface area contributed by atoms with Crippen LogP contribution in [0.2, 0.25) is 0 Å². The lowest BCUT2D eigenvalue weighted by Gasteiger charge is -2.19. The lowest BCUT2D eigenvalue weighted by Crippen LogP contribution is -2.27. The average Bonchev–Trinajstić information content (AvgIpc) is 4.32. The number of carboxylic acid groups (broad SMARTS) is 1.